The highest BCUT2D eigenvalue weighted by Crippen LogP contribution is 2.26. The van der Waals surface area contributed by atoms with Gasteiger partial charge >= 0.3 is 0 Å². The van der Waals surface area contributed by atoms with Crippen LogP contribution >= 0.6 is 0 Å². The molecule has 3 aliphatic rings. The fraction of sp³-hybridized carbons (Fsp3) is 0.667. The summed E-state index contributed by atoms with van der Waals surface area (Å²) in [6, 6.07) is 6.71. The van der Waals surface area contributed by atoms with Crippen molar-refractivity contribution in [1.29, 1.82) is 0 Å². The molecular formula is C21H30N2O2. The summed E-state index contributed by atoms with van der Waals surface area (Å²) in [5, 5.41) is 0. The lowest BCUT2D eigenvalue weighted by molar-refractivity contribution is -0.0715. The highest BCUT2D eigenvalue weighted by molar-refractivity contribution is 5.95. The first-order chi connectivity index (χ1) is 12.1. The van der Waals surface area contributed by atoms with Crippen LogP contribution in [-0.4, -0.2) is 60.1 Å². The van der Waals surface area contributed by atoms with E-state index in [1.807, 2.05) is 6.07 Å². The predicted octanol–water partition coefficient (Wildman–Crippen LogP) is 2.89. The summed E-state index contributed by atoms with van der Waals surface area (Å²) < 4.78 is 5.84. The van der Waals surface area contributed by atoms with Gasteiger partial charge in [-0.3, -0.25) is 9.69 Å². The van der Waals surface area contributed by atoms with Crippen molar-refractivity contribution >= 4 is 5.91 Å². The number of carbonyl (C=O) groups excluding carboxylic acids is 1. The summed E-state index contributed by atoms with van der Waals surface area (Å²) in [7, 11) is 0. The molecule has 25 heavy (non-hydrogen) atoms. The lowest BCUT2D eigenvalue weighted by Crippen LogP contribution is -2.50. The van der Waals surface area contributed by atoms with E-state index < -0.39 is 0 Å². The van der Waals surface area contributed by atoms with Gasteiger partial charge < -0.3 is 9.64 Å². The number of hydrogen-bond acceptors (Lipinski definition) is 3. The maximum atomic E-state index is 13.1. The molecule has 4 nitrogen and oxygen atoms in total. The number of carbonyl (C=O) groups is 1. The quantitative estimate of drug-likeness (QED) is 0.847. The normalized spacial score (nSPS) is 29.8. The van der Waals surface area contributed by atoms with Gasteiger partial charge in [0, 0.05) is 37.8 Å². The molecule has 0 radical (unpaired) electrons. The topological polar surface area (TPSA) is 32.8 Å². The number of hydrogen-bond donors (Lipinski definition) is 0. The summed E-state index contributed by atoms with van der Waals surface area (Å²) >= 11 is 0. The van der Waals surface area contributed by atoms with Crippen molar-refractivity contribution in [2.24, 2.45) is 0 Å². The van der Waals surface area contributed by atoms with Crippen molar-refractivity contribution in [2.75, 3.05) is 26.2 Å². The van der Waals surface area contributed by atoms with Crippen LogP contribution in [0.2, 0.25) is 0 Å². The van der Waals surface area contributed by atoms with Crippen LogP contribution in [0.25, 0.3) is 0 Å². The number of likely N-dealkylation sites (tertiary alicyclic amines) is 1. The maximum Gasteiger partial charge on any atom is 0.254 e. The first kappa shape index (κ1) is 17.0. The number of rotatable bonds is 3. The van der Waals surface area contributed by atoms with Crippen LogP contribution in [0.15, 0.2) is 18.2 Å². The van der Waals surface area contributed by atoms with Crippen LogP contribution in [0.3, 0.4) is 0 Å². The molecule has 1 aliphatic carbocycles. The van der Waals surface area contributed by atoms with Crippen LogP contribution < -0.4 is 0 Å². The zero-order valence-corrected chi connectivity index (χ0v) is 15.5. The van der Waals surface area contributed by atoms with Crippen LogP contribution in [0, 0.1) is 0 Å². The molecule has 136 valence electrons. The molecule has 1 amide bonds. The molecule has 4 heteroatoms. The van der Waals surface area contributed by atoms with Crippen molar-refractivity contribution in [3.05, 3.63) is 34.9 Å². The van der Waals surface area contributed by atoms with E-state index >= 15 is 0 Å². The van der Waals surface area contributed by atoms with E-state index in [4.69, 9.17) is 4.74 Å². The molecule has 4 rings (SSSR count). The molecule has 1 aromatic carbocycles. The van der Waals surface area contributed by atoms with E-state index in [0.29, 0.717) is 6.04 Å². The zero-order valence-electron chi connectivity index (χ0n) is 15.5. The average molecular weight is 342 g/mol. The number of nitrogens with zero attached hydrogens (tertiary/aromatic N) is 2. The first-order valence-corrected chi connectivity index (χ1v) is 9.91. The van der Waals surface area contributed by atoms with Gasteiger partial charge in [0.25, 0.3) is 5.91 Å². The second-order valence-electron chi connectivity index (χ2n) is 8.11. The van der Waals surface area contributed by atoms with E-state index in [0.717, 1.165) is 51.0 Å². The predicted molar refractivity (Wildman–Crippen MR) is 99.0 cm³/mol. The molecule has 2 aliphatic heterocycles. The average Bonchev–Trinajstić information content (AvgIpc) is 3.21. The Labute approximate surface area is 151 Å². The van der Waals surface area contributed by atoms with Crippen LogP contribution in [-0.2, 0) is 17.6 Å². The minimum Gasteiger partial charge on any atom is -0.373 e. The van der Waals surface area contributed by atoms with Crippen LogP contribution in [0.5, 0.6) is 0 Å². The second kappa shape index (κ2) is 7.08. The summed E-state index contributed by atoms with van der Waals surface area (Å²) in [4.78, 5) is 17.7. The minimum absolute atomic E-state index is 0.228. The monoisotopic (exact) mass is 342 g/mol. The smallest absolute Gasteiger partial charge is 0.254 e. The summed E-state index contributed by atoms with van der Waals surface area (Å²) in [6.45, 7) is 8.11. The fourth-order valence-electron chi connectivity index (χ4n) is 4.90. The van der Waals surface area contributed by atoms with Gasteiger partial charge in [0.15, 0.2) is 0 Å². The molecule has 0 bridgehead atoms. The van der Waals surface area contributed by atoms with Gasteiger partial charge in [-0.25, -0.2) is 0 Å². The Balaban J connectivity index is 1.45. The summed E-state index contributed by atoms with van der Waals surface area (Å²) in [5.41, 5.74) is 3.71. The van der Waals surface area contributed by atoms with Crippen molar-refractivity contribution in [2.45, 2.75) is 64.2 Å². The Bertz CT molecular complexity index is 635. The van der Waals surface area contributed by atoms with Crippen LogP contribution in [0.1, 0.15) is 54.6 Å². The van der Waals surface area contributed by atoms with E-state index in [1.165, 1.54) is 24.0 Å². The van der Waals surface area contributed by atoms with Gasteiger partial charge in [-0.2, -0.15) is 0 Å². The first-order valence-electron chi connectivity index (χ1n) is 9.91. The van der Waals surface area contributed by atoms with Gasteiger partial charge in [0.05, 0.1) is 12.2 Å². The summed E-state index contributed by atoms with van der Waals surface area (Å²) in [6.07, 6.45) is 6.34. The molecule has 0 N–H and O–H groups in total. The van der Waals surface area contributed by atoms with E-state index in [1.54, 1.807) is 0 Å². The molecule has 0 saturated carbocycles. The van der Waals surface area contributed by atoms with Gasteiger partial charge in [-0.1, -0.05) is 6.07 Å². The lowest BCUT2D eigenvalue weighted by Gasteiger charge is -2.38. The Morgan fingerprint density at radius 1 is 1.12 bits per heavy atom. The van der Waals surface area contributed by atoms with Gasteiger partial charge in [-0.15, -0.1) is 0 Å². The fourth-order valence-corrected chi connectivity index (χ4v) is 4.90. The van der Waals surface area contributed by atoms with Crippen molar-refractivity contribution in [3.63, 3.8) is 0 Å². The zero-order chi connectivity index (χ0) is 17.4. The van der Waals surface area contributed by atoms with Gasteiger partial charge in [0.2, 0.25) is 0 Å². The number of amides is 1. The number of benzene rings is 1. The third kappa shape index (κ3) is 3.61. The molecule has 3 atom stereocenters. The van der Waals surface area contributed by atoms with Gasteiger partial charge in [0.1, 0.15) is 0 Å². The molecular weight excluding hydrogens is 312 g/mol. The van der Waals surface area contributed by atoms with Crippen molar-refractivity contribution in [3.8, 4) is 0 Å². The van der Waals surface area contributed by atoms with Gasteiger partial charge in [-0.05, 0) is 69.2 Å². The van der Waals surface area contributed by atoms with E-state index in [-0.39, 0.29) is 18.1 Å². The van der Waals surface area contributed by atoms with E-state index in [9.17, 15) is 4.79 Å². The molecule has 2 fully saturated rings. The molecule has 0 aromatic heterocycles. The maximum absolute atomic E-state index is 13.1. The number of morpholine rings is 1. The number of ether oxygens (including phenoxy) is 1. The Morgan fingerprint density at radius 3 is 2.68 bits per heavy atom. The number of fused-ring (bicyclic) bond motifs is 1. The molecule has 1 aromatic rings. The lowest BCUT2D eigenvalue weighted by atomic mass is 10.0. The van der Waals surface area contributed by atoms with Crippen molar-refractivity contribution in [1.82, 2.24) is 9.80 Å². The standard InChI is InChI=1S/C21H30N2O2/c1-15-12-22(13-16(2)25-15)14-20-7-4-10-23(20)21(24)19-9-8-17-5-3-6-18(17)11-19/h8-9,11,15-16,20H,3-7,10,12-14H2,1-2H3/t15-,16-,20-/m1/s1. The number of aryl methyl sites for hydroxylation is 2. The van der Waals surface area contributed by atoms with Crippen LogP contribution in [0.4, 0.5) is 0 Å². The van der Waals surface area contributed by atoms with E-state index in [2.05, 4.69) is 35.8 Å². The largest absolute Gasteiger partial charge is 0.373 e. The van der Waals surface area contributed by atoms with Crippen molar-refractivity contribution < 1.29 is 9.53 Å². The molecule has 0 spiro atoms. The third-order valence-corrected chi connectivity index (χ3v) is 5.95. The Morgan fingerprint density at radius 2 is 1.88 bits per heavy atom. The highest BCUT2D eigenvalue weighted by atomic mass is 16.5. The Hall–Kier alpha value is -1.39. The molecule has 2 heterocycles. The second-order valence-corrected chi connectivity index (χ2v) is 8.11. The SMILES string of the molecule is C[C@@H]1CN(C[C@H]2CCCN2C(=O)c2ccc3c(c2)CCC3)C[C@@H](C)O1. The summed E-state index contributed by atoms with van der Waals surface area (Å²) in [5.74, 6) is 0.228. The molecule has 2 saturated heterocycles. The minimum atomic E-state index is 0.228. The third-order valence-electron chi connectivity index (χ3n) is 5.95. The molecule has 0 unspecified atom stereocenters. The highest BCUT2D eigenvalue weighted by Gasteiger charge is 2.33. The Kier molecular flexibility index (Phi) is 4.83.